The number of hydrogen-bond donors (Lipinski definition) is 3. The van der Waals surface area contributed by atoms with Crippen LogP contribution in [0.15, 0.2) is 91.6 Å². The number of rotatable bonds is 6. The maximum Gasteiger partial charge on any atom is 0.416 e. The molecule has 38 heavy (non-hydrogen) atoms. The fourth-order valence-electron chi connectivity index (χ4n) is 3.61. The van der Waals surface area contributed by atoms with Crippen molar-refractivity contribution in [2.75, 3.05) is 10.6 Å². The number of H-pyrrole nitrogens is 1. The maximum atomic E-state index is 14.5. The first-order chi connectivity index (χ1) is 18.2. The molecule has 0 bridgehead atoms. The number of ether oxygens (including phenoxy) is 1. The molecule has 3 aromatic heterocycles. The van der Waals surface area contributed by atoms with E-state index in [1.165, 1.54) is 29.0 Å². The van der Waals surface area contributed by atoms with Gasteiger partial charge in [-0.15, -0.1) is 0 Å². The highest BCUT2D eigenvalue weighted by atomic mass is 19.4. The van der Waals surface area contributed by atoms with E-state index in [0.717, 1.165) is 23.8 Å². The predicted octanol–water partition coefficient (Wildman–Crippen LogP) is 6.86. The number of carbonyl (C=O) groups excluding carboxylic acids is 1. The Kier molecular flexibility index (Phi) is 6.52. The first kappa shape index (κ1) is 24.6. The van der Waals surface area contributed by atoms with Gasteiger partial charge in [-0.3, -0.25) is 10.1 Å². The van der Waals surface area contributed by atoms with Crippen molar-refractivity contribution < 1.29 is 27.1 Å². The molecule has 8 nitrogen and oxygen atoms in total. The first-order valence-electron chi connectivity index (χ1n) is 11.1. The Labute approximate surface area is 212 Å². The van der Waals surface area contributed by atoms with Crippen molar-refractivity contribution in [1.29, 1.82) is 0 Å². The summed E-state index contributed by atoms with van der Waals surface area (Å²) in [7, 11) is 0. The molecule has 12 heteroatoms. The third-order valence-electron chi connectivity index (χ3n) is 5.35. The minimum absolute atomic E-state index is 0.127. The molecule has 3 N–H and O–H groups in total. The minimum Gasteiger partial charge on any atom is -0.457 e. The van der Waals surface area contributed by atoms with Crippen LogP contribution in [0.1, 0.15) is 5.56 Å². The van der Waals surface area contributed by atoms with E-state index in [1.807, 2.05) is 0 Å². The third kappa shape index (κ3) is 5.64. The maximum absolute atomic E-state index is 14.5. The molecule has 5 rings (SSSR count). The van der Waals surface area contributed by atoms with E-state index >= 15 is 0 Å². The summed E-state index contributed by atoms with van der Waals surface area (Å²) < 4.78 is 62.0. The van der Waals surface area contributed by atoms with E-state index in [9.17, 15) is 22.4 Å². The fraction of sp³-hybridized carbons (Fsp3) is 0.0385. The van der Waals surface area contributed by atoms with E-state index < -0.39 is 23.6 Å². The van der Waals surface area contributed by atoms with E-state index in [-0.39, 0.29) is 22.8 Å². The molecule has 2 amide bonds. The molecule has 192 valence electrons. The normalized spacial score (nSPS) is 11.3. The van der Waals surface area contributed by atoms with Gasteiger partial charge in [0.05, 0.1) is 23.1 Å². The number of amides is 2. The number of hydrogen-bond acceptors (Lipinski definition) is 4. The summed E-state index contributed by atoms with van der Waals surface area (Å²) in [6.07, 6.45) is 3.29. The van der Waals surface area contributed by atoms with Gasteiger partial charge in [-0.25, -0.2) is 9.18 Å². The van der Waals surface area contributed by atoms with Crippen LogP contribution in [0.2, 0.25) is 0 Å². The number of aromatic nitrogens is 4. The van der Waals surface area contributed by atoms with Gasteiger partial charge < -0.3 is 19.9 Å². The minimum atomic E-state index is -4.64. The Hall–Kier alpha value is -5.13. The molecule has 5 aromatic rings. The van der Waals surface area contributed by atoms with Crippen LogP contribution in [0.5, 0.6) is 11.5 Å². The Morgan fingerprint density at radius 2 is 1.76 bits per heavy atom. The van der Waals surface area contributed by atoms with Crippen LogP contribution in [-0.2, 0) is 6.18 Å². The lowest BCUT2D eigenvalue weighted by Crippen LogP contribution is -2.21. The van der Waals surface area contributed by atoms with E-state index in [0.29, 0.717) is 11.4 Å². The van der Waals surface area contributed by atoms with E-state index in [2.05, 4.69) is 25.8 Å². The fourth-order valence-corrected chi connectivity index (χ4v) is 3.61. The highest BCUT2D eigenvalue weighted by Crippen LogP contribution is 2.33. The quantitative estimate of drug-likeness (QED) is 0.212. The molecule has 2 aromatic carbocycles. The van der Waals surface area contributed by atoms with Crippen molar-refractivity contribution in [2.45, 2.75) is 6.18 Å². The van der Waals surface area contributed by atoms with Gasteiger partial charge in [0.25, 0.3) is 0 Å². The number of anilines is 2. The summed E-state index contributed by atoms with van der Waals surface area (Å²) in [6, 6.07) is 12.5. The highest BCUT2D eigenvalue weighted by Gasteiger charge is 2.31. The number of aromatic amines is 1. The largest absolute Gasteiger partial charge is 0.457 e. The summed E-state index contributed by atoms with van der Waals surface area (Å²) in [6.45, 7) is 0. The van der Waals surface area contributed by atoms with Gasteiger partial charge in [0.15, 0.2) is 0 Å². The van der Waals surface area contributed by atoms with Crippen LogP contribution >= 0.6 is 0 Å². The van der Waals surface area contributed by atoms with Crippen LogP contribution < -0.4 is 15.4 Å². The molecular formula is C26H18F4N6O2. The van der Waals surface area contributed by atoms with Crippen LogP contribution in [0, 0.1) is 5.82 Å². The average molecular weight is 522 g/mol. The zero-order chi connectivity index (χ0) is 26.7. The lowest BCUT2D eigenvalue weighted by molar-refractivity contribution is -0.137. The van der Waals surface area contributed by atoms with Gasteiger partial charge in [0.2, 0.25) is 0 Å². The zero-order valence-corrected chi connectivity index (χ0v) is 19.3. The second-order valence-electron chi connectivity index (χ2n) is 8.04. The van der Waals surface area contributed by atoms with Gasteiger partial charge in [-0.05, 0) is 48.5 Å². The molecule has 3 heterocycles. The number of nitrogens with zero attached hydrogens (tertiary/aromatic N) is 3. The van der Waals surface area contributed by atoms with E-state index in [4.69, 9.17) is 4.74 Å². The van der Waals surface area contributed by atoms with Crippen LogP contribution in [0.3, 0.4) is 0 Å². The monoisotopic (exact) mass is 522 g/mol. The molecule has 0 fully saturated rings. The SMILES string of the molecule is O=C(Nc1cc(-n2cccc2)cc(C(F)(F)F)c1)Nc1cc(Oc2ccnc(-c3cn[nH]c3)c2)ccc1F. The number of alkyl halides is 3. The number of nitrogens with one attached hydrogen (secondary N) is 3. The van der Waals surface area contributed by atoms with Gasteiger partial charge in [0.1, 0.15) is 17.3 Å². The third-order valence-corrected chi connectivity index (χ3v) is 5.35. The van der Waals surface area contributed by atoms with Crippen LogP contribution in [-0.4, -0.2) is 25.8 Å². The standard InChI is InChI=1S/C26H18F4N6O2/c27-22-4-3-20(38-21-5-6-31-23(12-21)16-14-32-33-15-16)13-24(22)35-25(37)34-18-9-17(26(28,29)30)10-19(11-18)36-7-1-2-8-36/h1-15H,(H,32,33)(H2,34,35,37). The molecule has 0 saturated heterocycles. The van der Waals surface area contributed by atoms with Crippen LogP contribution in [0.4, 0.5) is 33.7 Å². The van der Waals surface area contributed by atoms with Gasteiger partial charge in [-0.2, -0.15) is 18.3 Å². The summed E-state index contributed by atoms with van der Waals surface area (Å²) in [4.78, 5) is 16.8. The summed E-state index contributed by atoms with van der Waals surface area (Å²) in [5.41, 5.74) is 0.209. The Bertz CT molecular complexity index is 1570. The predicted molar refractivity (Wildman–Crippen MR) is 132 cm³/mol. The second-order valence-corrected chi connectivity index (χ2v) is 8.04. The first-order valence-corrected chi connectivity index (χ1v) is 11.1. The zero-order valence-electron chi connectivity index (χ0n) is 19.3. The van der Waals surface area contributed by atoms with Gasteiger partial charge in [-0.1, -0.05) is 0 Å². The number of carbonyl (C=O) groups is 1. The van der Waals surface area contributed by atoms with Gasteiger partial charge in [0, 0.05) is 53.9 Å². The molecular weight excluding hydrogens is 504 g/mol. The number of pyridine rings is 1. The van der Waals surface area contributed by atoms with Crippen molar-refractivity contribution in [3.8, 4) is 28.4 Å². The summed E-state index contributed by atoms with van der Waals surface area (Å²) in [5, 5.41) is 11.2. The molecule has 0 saturated carbocycles. The van der Waals surface area contributed by atoms with Crippen molar-refractivity contribution in [3.63, 3.8) is 0 Å². The smallest absolute Gasteiger partial charge is 0.416 e. The lowest BCUT2D eigenvalue weighted by Gasteiger charge is -2.15. The molecule has 0 atom stereocenters. The van der Waals surface area contributed by atoms with Crippen molar-refractivity contribution in [2.24, 2.45) is 0 Å². The second kappa shape index (κ2) is 10.1. The van der Waals surface area contributed by atoms with Crippen molar-refractivity contribution in [1.82, 2.24) is 19.7 Å². The Morgan fingerprint density at radius 1 is 0.974 bits per heavy atom. The molecule has 0 spiro atoms. The topological polar surface area (TPSA) is 96.9 Å². The van der Waals surface area contributed by atoms with Gasteiger partial charge >= 0.3 is 12.2 Å². The average Bonchev–Trinajstić information content (AvgIpc) is 3.61. The number of urea groups is 1. The number of benzene rings is 2. The Morgan fingerprint density at radius 3 is 2.50 bits per heavy atom. The molecule has 0 aliphatic carbocycles. The molecule has 0 unspecified atom stereocenters. The van der Waals surface area contributed by atoms with E-state index in [1.54, 1.807) is 49.1 Å². The Balaban J connectivity index is 1.33. The lowest BCUT2D eigenvalue weighted by atomic mass is 10.1. The van der Waals surface area contributed by atoms with Crippen molar-refractivity contribution >= 4 is 17.4 Å². The summed E-state index contributed by atoms with van der Waals surface area (Å²) >= 11 is 0. The van der Waals surface area contributed by atoms with Crippen LogP contribution in [0.25, 0.3) is 16.9 Å². The molecule has 0 aliphatic rings. The van der Waals surface area contributed by atoms with Crippen molar-refractivity contribution in [3.05, 3.63) is 103 Å². The summed E-state index contributed by atoms with van der Waals surface area (Å²) in [5.74, 6) is -0.155. The highest BCUT2D eigenvalue weighted by molar-refractivity contribution is 6.00. The number of halogens is 4. The molecule has 0 aliphatic heterocycles. The molecule has 0 radical (unpaired) electrons.